The number of esters is 1. The number of benzene rings is 2. The summed E-state index contributed by atoms with van der Waals surface area (Å²) in [6.07, 6.45) is 0.210. The Hall–Kier alpha value is -3.52. The van der Waals surface area contributed by atoms with E-state index in [0.29, 0.717) is 28.4 Å². The number of halogens is 1. The Morgan fingerprint density at radius 2 is 1.70 bits per heavy atom. The molecule has 5 rings (SSSR count). The van der Waals surface area contributed by atoms with Gasteiger partial charge in [0, 0.05) is 47.6 Å². The molecule has 3 aromatic rings. The largest absolute Gasteiger partial charge is 0.425 e. The van der Waals surface area contributed by atoms with E-state index in [0.717, 1.165) is 25.7 Å². The van der Waals surface area contributed by atoms with Crippen LogP contribution in [0.1, 0.15) is 41.5 Å². The van der Waals surface area contributed by atoms with E-state index in [-0.39, 0.29) is 12.4 Å². The highest BCUT2D eigenvalue weighted by atomic mass is 79.9. The van der Waals surface area contributed by atoms with E-state index in [1.807, 2.05) is 48.5 Å². The Balaban J connectivity index is 1.93. The number of allylic oxidation sites excluding steroid dienone is 1. The van der Waals surface area contributed by atoms with Crippen LogP contribution in [0, 0.1) is 0 Å². The molecule has 166 valence electrons. The Morgan fingerprint density at radius 3 is 2.36 bits per heavy atom. The zero-order chi connectivity index (χ0) is 23.4. The fourth-order valence-corrected chi connectivity index (χ4v) is 4.72. The summed E-state index contributed by atoms with van der Waals surface area (Å²) in [5, 5.41) is 0. The quantitative estimate of drug-likeness (QED) is 0.507. The van der Waals surface area contributed by atoms with Gasteiger partial charge in [0.2, 0.25) is 0 Å². The minimum atomic E-state index is -0.571. The van der Waals surface area contributed by atoms with Crippen molar-refractivity contribution in [2.24, 2.45) is 19.1 Å². The monoisotopic (exact) mass is 505 g/mol. The highest BCUT2D eigenvalue weighted by Gasteiger charge is 2.42. The van der Waals surface area contributed by atoms with Crippen molar-refractivity contribution >= 4 is 39.2 Å². The van der Waals surface area contributed by atoms with Gasteiger partial charge in [-0.2, -0.15) is 0 Å². The fourth-order valence-electron chi connectivity index (χ4n) is 4.46. The predicted molar refractivity (Wildman–Crippen MR) is 129 cm³/mol. The summed E-state index contributed by atoms with van der Waals surface area (Å²) in [6, 6.07) is 15.2. The van der Waals surface area contributed by atoms with E-state index in [4.69, 9.17) is 9.73 Å². The van der Waals surface area contributed by atoms with Crippen LogP contribution in [-0.4, -0.2) is 20.8 Å². The topological polar surface area (TPSA) is 82.7 Å². The highest BCUT2D eigenvalue weighted by Crippen LogP contribution is 2.48. The number of rotatable bonds is 3. The van der Waals surface area contributed by atoms with Gasteiger partial charge in [0.25, 0.3) is 5.56 Å². The summed E-state index contributed by atoms with van der Waals surface area (Å²) in [7, 11) is 3.06. The van der Waals surface area contributed by atoms with Gasteiger partial charge in [-0.1, -0.05) is 59.3 Å². The van der Waals surface area contributed by atoms with E-state index in [1.54, 1.807) is 14.0 Å². The lowest BCUT2D eigenvalue weighted by atomic mass is 9.81. The molecule has 7 nitrogen and oxygen atoms in total. The molecule has 0 spiro atoms. The number of aliphatic imine (C=N–C) groups is 1. The first-order chi connectivity index (χ1) is 15.8. The molecule has 0 saturated heterocycles. The molecule has 0 fully saturated rings. The van der Waals surface area contributed by atoms with E-state index < -0.39 is 17.2 Å². The third-order valence-corrected chi connectivity index (χ3v) is 6.63. The standard InChI is InChI=1S/C25H20BrN3O4/c1-4-17(30)33-22-16-8-6-5-7-15(16)21-19(22)18(13-9-11-14(26)12-10-13)20-23(27-21)28(2)25(32)29(3)24(20)31/h5-12,18H,4H2,1-3H3/t18-/m0/s1. The highest BCUT2D eigenvalue weighted by molar-refractivity contribution is 9.10. The van der Waals surface area contributed by atoms with Crippen LogP contribution in [0.4, 0.5) is 5.82 Å². The molecule has 0 bridgehead atoms. The minimum Gasteiger partial charge on any atom is -0.425 e. The summed E-state index contributed by atoms with van der Waals surface area (Å²) in [4.78, 5) is 43.3. The van der Waals surface area contributed by atoms with Gasteiger partial charge in [-0.15, -0.1) is 0 Å². The third kappa shape index (κ3) is 3.16. The second-order valence-electron chi connectivity index (χ2n) is 8.00. The Labute approximate surface area is 197 Å². The zero-order valence-corrected chi connectivity index (χ0v) is 19.8. The fraction of sp³-hybridized carbons (Fsp3) is 0.200. The summed E-state index contributed by atoms with van der Waals surface area (Å²) in [6.45, 7) is 1.73. The third-order valence-electron chi connectivity index (χ3n) is 6.10. The molecule has 33 heavy (non-hydrogen) atoms. The smallest absolute Gasteiger partial charge is 0.332 e. The van der Waals surface area contributed by atoms with E-state index in [9.17, 15) is 14.4 Å². The van der Waals surface area contributed by atoms with Gasteiger partial charge in [-0.25, -0.2) is 9.79 Å². The van der Waals surface area contributed by atoms with Crippen LogP contribution < -0.4 is 11.2 Å². The zero-order valence-electron chi connectivity index (χ0n) is 18.3. The van der Waals surface area contributed by atoms with Crippen molar-refractivity contribution in [2.75, 3.05) is 0 Å². The second kappa shape index (κ2) is 7.81. The average molecular weight is 506 g/mol. The molecule has 1 aliphatic heterocycles. The number of nitrogens with zero attached hydrogens (tertiary/aromatic N) is 3. The maximum atomic E-state index is 13.4. The van der Waals surface area contributed by atoms with Crippen molar-refractivity contribution in [1.29, 1.82) is 0 Å². The predicted octanol–water partition coefficient (Wildman–Crippen LogP) is 3.79. The van der Waals surface area contributed by atoms with Gasteiger partial charge in [0.05, 0.1) is 11.3 Å². The second-order valence-corrected chi connectivity index (χ2v) is 8.92. The van der Waals surface area contributed by atoms with Gasteiger partial charge >= 0.3 is 11.7 Å². The molecule has 0 unspecified atom stereocenters. The SMILES string of the molecule is CCC(=O)OC1=C2C(=Nc3c(c(=O)n(C)c(=O)n3C)[C@H]2c2ccc(Br)cc2)c2ccccc21. The number of carbonyl (C=O) groups excluding carboxylic acids is 1. The summed E-state index contributed by atoms with van der Waals surface area (Å²) in [5.41, 5.74) is 3.13. The number of fused-ring (bicyclic) bond motifs is 4. The first-order valence-electron chi connectivity index (χ1n) is 10.5. The lowest BCUT2D eigenvalue weighted by molar-refractivity contribution is -0.136. The summed E-state index contributed by atoms with van der Waals surface area (Å²) >= 11 is 3.47. The van der Waals surface area contributed by atoms with Crippen LogP contribution in [-0.2, 0) is 23.6 Å². The van der Waals surface area contributed by atoms with Crippen LogP contribution in [0.25, 0.3) is 5.76 Å². The molecule has 2 aliphatic rings. The van der Waals surface area contributed by atoms with Crippen molar-refractivity contribution in [3.8, 4) is 0 Å². The van der Waals surface area contributed by atoms with Gasteiger partial charge in [0.15, 0.2) is 0 Å². The molecule has 0 N–H and O–H groups in total. The van der Waals surface area contributed by atoms with Crippen molar-refractivity contribution in [3.05, 3.63) is 102 Å². The number of carbonyl (C=O) groups is 1. The first kappa shape index (κ1) is 21.3. The normalized spacial score (nSPS) is 16.1. The molecule has 0 radical (unpaired) electrons. The lowest BCUT2D eigenvalue weighted by Gasteiger charge is -2.27. The number of aromatic nitrogens is 2. The van der Waals surface area contributed by atoms with Crippen molar-refractivity contribution < 1.29 is 9.53 Å². The van der Waals surface area contributed by atoms with Crippen molar-refractivity contribution in [3.63, 3.8) is 0 Å². The van der Waals surface area contributed by atoms with Gasteiger partial charge in [-0.3, -0.25) is 18.7 Å². The molecule has 0 saturated carbocycles. The van der Waals surface area contributed by atoms with Crippen LogP contribution in [0.5, 0.6) is 0 Å². The number of ether oxygens (including phenoxy) is 1. The molecule has 1 aliphatic carbocycles. The van der Waals surface area contributed by atoms with E-state index in [2.05, 4.69) is 15.9 Å². The van der Waals surface area contributed by atoms with Crippen molar-refractivity contribution in [2.45, 2.75) is 19.3 Å². The van der Waals surface area contributed by atoms with Crippen LogP contribution in [0.15, 0.2) is 73.2 Å². The molecule has 1 aromatic heterocycles. The molecule has 0 amide bonds. The Kier molecular flexibility index (Phi) is 5.05. The maximum absolute atomic E-state index is 13.4. The van der Waals surface area contributed by atoms with Gasteiger partial charge < -0.3 is 4.74 Å². The summed E-state index contributed by atoms with van der Waals surface area (Å²) < 4.78 is 9.22. The van der Waals surface area contributed by atoms with Crippen LogP contribution in [0.3, 0.4) is 0 Å². The molecule has 1 atom stereocenters. The Bertz CT molecular complexity index is 1510. The van der Waals surface area contributed by atoms with E-state index >= 15 is 0 Å². The lowest BCUT2D eigenvalue weighted by Crippen LogP contribution is -2.41. The molecular weight excluding hydrogens is 486 g/mol. The average Bonchev–Trinajstić information content (AvgIpc) is 3.14. The maximum Gasteiger partial charge on any atom is 0.332 e. The summed E-state index contributed by atoms with van der Waals surface area (Å²) in [5.74, 6) is -0.223. The van der Waals surface area contributed by atoms with E-state index in [1.165, 1.54) is 11.6 Å². The van der Waals surface area contributed by atoms with Gasteiger partial charge in [0.1, 0.15) is 11.6 Å². The van der Waals surface area contributed by atoms with Crippen LogP contribution in [0.2, 0.25) is 0 Å². The molecule has 2 heterocycles. The van der Waals surface area contributed by atoms with Crippen LogP contribution >= 0.6 is 15.9 Å². The van der Waals surface area contributed by atoms with Crippen molar-refractivity contribution in [1.82, 2.24) is 9.13 Å². The molecule has 8 heteroatoms. The number of hydrogen-bond acceptors (Lipinski definition) is 5. The van der Waals surface area contributed by atoms with Gasteiger partial charge in [-0.05, 0) is 17.7 Å². The minimum absolute atomic E-state index is 0.210. The Morgan fingerprint density at radius 1 is 1.03 bits per heavy atom. The number of hydrogen-bond donors (Lipinski definition) is 0. The molecule has 2 aromatic carbocycles. The molecular formula is C25H20BrN3O4. The first-order valence-corrected chi connectivity index (χ1v) is 11.3.